The van der Waals surface area contributed by atoms with E-state index >= 15 is 0 Å². The molecule has 134 valence electrons. The second-order valence-corrected chi connectivity index (χ2v) is 5.67. The summed E-state index contributed by atoms with van der Waals surface area (Å²) in [7, 11) is 0. The first-order chi connectivity index (χ1) is 10.5. The summed E-state index contributed by atoms with van der Waals surface area (Å²) in [4.78, 5) is 22.1. The molecular weight excluding hydrogens is 316 g/mol. The van der Waals surface area contributed by atoms with Gasteiger partial charge in [-0.2, -0.15) is 0 Å². The van der Waals surface area contributed by atoms with Crippen molar-refractivity contribution in [3.8, 4) is 0 Å². The average molecular weight is 338 g/mol. The van der Waals surface area contributed by atoms with E-state index in [1.165, 1.54) is 6.92 Å². The second-order valence-electron chi connectivity index (χ2n) is 5.67. The fourth-order valence-corrected chi connectivity index (χ4v) is 2.19. The molecule has 0 bridgehead atoms. The first kappa shape index (κ1) is 19.7. The maximum absolute atomic E-state index is 11.1. The number of aliphatic hydroxyl groups is 5. The standard InChI is InChI=1S/C13H22O10/c1-5-7(15)3-13(21,12(19)20)23-10(5)9(17)8(16)4-22-11(18)6(2)14/h5-10,14-17,21H,3-4H2,1-2H3,(H,19,20). The molecule has 1 heterocycles. The number of aliphatic hydroxyl groups excluding tert-OH is 4. The van der Waals surface area contributed by atoms with Crippen LogP contribution in [0.5, 0.6) is 0 Å². The predicted octanol–water partition coefficient (Wildman–Crippen LogP) is -2.81. The highest BCUT2D eigenvalue weighted by Gasteiger charge is 2.52. The van der Waals surface area contributed by atoms with Crippen molar-refractivity contribution in [2.75, 3.05) is 6.61 Å². The third-order valence-corrected chi connectivity index (χ3v) is 3.74. The molecule has 1 aliphatic heterocycles. The SMILES string of the molecule is CC(O)C(=O)OCC(O)C(O)C1OC(O)(C(=O)O)CC(O)C1C. The van der Waals surface area contributed by atoms with Crippen LogP contribution < -0.4 is 0 Å². The molecule has 0 aliphatic carbocycles. The van der Waals surface area contributed by atoms with E-state index in [-0.39, 0.29) is 0 Å². The zero-order valence-electron chi connectivity index (χ0n) is 12.7. The normalized spacial score (nSPS) is 35.2. The van der Waals surface area contributed by atoms with Gasteiger partial charge in [0.2, 0.25) is 0 Å². The highest BCUT2D eigenvalue weighted by molar-refractivity contribution is 5.75. The van der Waals surface area contributed by atoms with E-state index < -0.39 is 67.2 Å². The lowest BCUT2D eigenvalue weighted by Gasteiger charge is -2.43. The van der Waals surface area contributed by atoms with Gasteiger partial charge in [-0.1, -0.05) is 6.92 Å². The molecule has 0 saturated carbocycles. The summed E-state index contributed by atoms with van der Waals surface area (Å²) in [5.41, 5.74) is 0. The maximum Gasteiger partial charge on any atom is 0.364 e. The lowest BCUT2D eigenvalue weighted by molar-refractivity contribution is -0.302. The molecule has 0 amide bonds. The molecule has 1 fully saturated rings. The van der Waals surface area contributed by atoms with E-state index in [1.54, 1.807) is 0 Å². The van der Waals surface area contributed by atoms with Crippen molar-refractivity contribution in [3.63, 3.8) is 0 Å². The van der Waals surface area contributed by atoms with Crippen molar-refractivity contribution in [2.24, 2.45) is 5.92 Å². The summed E-state index contributed by atoms with van der Waals surface area (Å²) >= 11 is 0. The molecule has 7 unspecified atom stereocenters. The Balaban J connectivity index is 2.77. The summed E-state index contributed by atoms with van der Waals surface area (Å²) in [5, 5.41) is 57.4. The number of aliphatic carboxylic acids is 1. The van der Waals surface area contributed by atoms with Crippen LogP contribution in [0.2, 0.25) is 0 Å². The van der Waals surface area contributed by atoms with Gasteiger partial charge in [-0.05, 0) is 6.92 Å². The number of ether oxygens (including phenoxy) is 2. The van der Waals surface area contributed by atoms with Crippen LogP contribution in [-0.2, 0) is 19.1 Å². The van der Waals surface area contributed by atoms with E-state index in [4.69, 9.17) is 14.9 Å². The van der Waals surface area contributed by atoms with Crippen LogP contribution in [0.15, 0.2) is 0 Å². The molecule has 6 N–H and O–H groups in total. The van der Waals surface area contributed by atoms with Crippen molar-refractivity contribution >= 4 is 11.9 Å². The Hall–Kier alpha value is -1.30. The van der Waals surface area contributed by atoms with Crippen molar-refractivity contribution in [3.05, 3.63) is 0 Å². The van der Waals surface area contributed by atoms with Crippen LogP contribution in [0, 0.1) is 5.92 Å². The zero-order chi connectivity index (χ0) is 17.9. The molecule has 23 heavy (non-hydrogen) atoms. The largest absolute Gasteiger partial charge is 0.477 e. The van der Waals surface area contributed by atoms with Gasteiger partial charge < -0.3 is 40.1 Å². The maximum atomic E-state index is 11.1. The van der Waals surface area contributed by atoms with Gasteiger partial charge >= 0.3 is 11.9 Å². The van der Waals surface area contributed by atoms with Crippen molar-refractivity contribution in [2.45, 2.75) is 56.6 Å². The van der Waals surface area contributed by atoms with Gasteiger partial charge in [-0.25, -0.2) is 9.59 Å². The van der Waals surface area contributed by atoms with Gasteiger partial charge in [0.1, 0.15) is 24.9 Å². The number of carboxylic acids is 1. The van der Waals surface area contributed by atoms with Gasteiger partial charge in [0.05, 0.1) is 12.2 Å². The number of esters is 1. The quantitative estimate of drug-likeness (QED) is 0.277. The third-order valence-electron chi connectivity index (χ3n) is 3.74. The Morgan fingerprint density at radius 1 is 1.35 bits per heavy atom. The molecule has 0 radical (unpaired) electrons. The van der Waals surface area contributed by atoms with Crippen LogP contribution in [0.25, 0.3) is 0 Å². The van der Waals surface area contributed by atoms with E-state index in [0.29, 0.717) is 0 Å². The van der Waals surface area contributed by atoms with Crippen LogP contribution in [0.4, 0.5) is 0 Å². The number of rotatable bonds is 6. The Morgan fingerprint density at radius 3 is 2.39 bits per heavy atom. The zero-order valence-corrected chi connectivity index (χ0v) is 12.7. The Morgan fingerprint density at radius 2 is 1.91 bits per heavy atom. The van der Waals surface area contributed by atoms with Crippen molar-refractivity contribution in [1.29, 1.82) is 0 Å². The Labute approximate surface area is 131 Å². The lowest BCUT2D eigenvalue weighted by Crippen LogP contribution is -2.60. The highest BCUT2D eigenvalue weighted by Crippen LogP contribution is 2.33. The molecule has 0 spiro atoms. The van der Waals surface area contributed by atoms with Crippen LogP contribution >= 0.6 is 0 Å². The average Bonchev–Trinajstić information content (AvgIpc) is 2.47. The molecule has 7 atom stereocenters. The topological polar surface area (TPSA) is 174 Å². The van der Waals surface area contributed by atoms with Crippen molar-refractivity contribution in [1.82, 2.24) is 0 Å². The number of carboxylic acid groups (broad SMARTS) is 1. The Kier molecular flexibility index (Phi) is 6.45. The fourth-order valence-electron chi connectivity index (χ4n) is 2.19. The van der Waals surface area contributed by atoms with Crippen LogP contribution in [0.1, 0.15) is 20.3 Å². The monoisotopic (exact) mass is 338 g/mol. The van der Waals surface area contributed by atoms with Gasteiger partial charge in [-0.3, -0.25) is 0 Å². The van der Waals surface area contributed by atoms with E-state index in [9.17, 15) is 30.0 Å². The third kappa shape index (κ3) is 4.59. The van der Waals surface area contributed by atoms with Crippen LogP contribution in [0.3, 0.4) is 0 Å². The molecule has 1 aliphatic rings. The van der Waals surface area contributed by atoms with Crippen molar-refractivity contribution < 1.29 is 49.7 Å². The minimum atomic E-state index is -2.70. The molecule has 10 nitrogen and oxygen atoms in total. The van der Waals surface area contributed by atoms with Gasteiger partial charge in [-0.15, -0.1) is 0 Å². The van der Waals surface area contributed by atoms with Gasteiger partial charge in [0.15, 0.2) is 0 Å². The molecule has 0 aromatic heterocycles. The second kappa shape index (κ2) is 7.51. The number of hydrogen-bond acceptors (Lipinski definition) is 9. The molecule has 1 rings (SSSR count). The molecule has 10 heteroatoms. The fraction of sp³-hybridized carbons (Fsp3) is 0.846. The first-order valence-corrected chi connectivity index (χ1v) is 7.02. The molecule has 0 aromatic carbocycles. The van der Waals surface area contributed by atoms with E-state index in [0.717, 1.165) is 6.92 Å². The highest BCUT2D eigenvalue weighted by atomic mass is 16.7. The summed E-state index contributed by atoms with van der Waals surface area (Å²) in [6, 6.07) is 0. The summed E-state index contributed by atoms with van der Waals surface area (Å²) in [5.74, 6) is -6.26. The Bertz CT molecular complexity index is 438. The smallest absolute Gasteiger partial charge is 0.364 e. The number of carbonyl (C=O) groups excluding carboxylic acids is 1. The predicted molar refractivity (Wildman–Crippen MR) is 71.9 cm³/mol. The van der Waals surface area contributed by atoms with E-state index in [1.807, 2.05) is 0 Å². The first-order valence-electron chi connectivity index (χ1n) is 7.02. The lowest BCUT2D eigenvalue weighted by atomic mass is 9.85. The number of carbonyl (C=O) groups is 2. The minimum Gasteiger partial charge on any atom is -0.477 e. The summed E-state index contributed by atoms with van der Waals surface area (Å²) in [6.07, 6.45) is -8.14. The van der Waals surface area contributed by atoms with Gasteiger partial charge in [0.25, 0.3) is 5.79 Å². The van der Waals surface area contributed by atoms with Gasteiger partial charge in [0, 0.05) is 12.3 Å². The summed E-state index contributed by atoms with van der Waals surface area (Å²) < 4.78 is 9.49. The number of hydrogen-bond donors (Lipinski definition) is 6. The minimum absolute atomic E-state index is 0.597. The molecular formula is C13H22O10. The molecule has 1 saturated heterocycles. The summed E-state index contributed by atoms with van der Waals surface area (Å²) in [6.45, 7) is 1.91. The van der Waals surface area contributed by atoms with Crippen LogP contribution in [-0.4, -0.2) is 85.5 Å². The van der Waals surface area contributed by atoms with E-state index in [2.05, 4.69) is 4.74 Å². The molecule has 0 aromatic rings.